The predicted molar refractivity (Wildman–Crippen MR) is 115 cm³/mol. The summed E-state index contributed by atoms with van der Waals surface area (Å²) in [6, 6.07) is 22.9. The second kappa shape index (κ2) is 8.51. The van der Waals surface area contributed by atoms with Gasteiger partial charge in [0.1, 0.15) is 16.9 Å². The molecule has 0 spiro atoms. The molecule has 4 aromatic rings. The van der Waals surface area contributed by atoms with Crippen molar-refractivity contribution < 1.29 is 9.18 Å². The number of hydrogen-bond donors (Lipinski definition) is 1. The van der Waals surface area contributed by atoms with Crippen LogP contribution in [0.3, 0.4) is 0 Å². The molecule has 4 rings (SSSR count). The number of halogens is 1. The molecule has 1 heterocycles. The molecule has 0 saturated heterocycles. The number of benzene rings is 3. The van der Waals surface area contributed by atoms with Crippen LogP contribution in [0.25, 0.3) is 10.2 Å². The minimum Gasteiger partial charge on any atom is -0.324 e. The van der Waals surface area contributed by atoms with Gasteiger partial charge in [0.2, 0.25) is 5.91 Å². The van der Waals surface area contributed by atoms with Gasteiger partial charge >= 0.3 is 0 Å². The van der Waals surface area contributed by atoms with Crippen LogP contribution in [0, 0.1) is 5.82 Å². The molecule has 29 heavy (non-hydrogen) atoms. The first-order chi connectivity index (χ1) is 14.1. The van der Waals surface area contributed by atoms with Crippen molar-refractivity contribution in [1.82, 2.24) is 9.88 Å². The monoisotopic (exact) mass is 405 g/mol. The zero-order valence-electron chi connectivity index (χ0n) is 15.9. The first kappa shape index (κ1) is 19.2. The van der Waals surface area contributed by atoms with Gasteiger partial charge in [0.15, 0.2) is 0 Å². The maximum Gasteiger partial charge on any atom is 0.246 e. The Labute approximate surface area is 172 Å². The zero-order chi connectivity index (χ0) is 20.2. The van der Waals surface area contributed by atoms with E-state index in [0.717, 1.165) is 20.8 Å². The Morgan fingerprint density at radius 3 is 2.45 bits per heavy atom. The fourth-order valence-corrected chi connectivity index (χ4v) is 4.31. The number of thiazole rings is 1. The zero-order valence-corrected chi connectivity index (χ0v) is 16.7. The van der Waals surface area contributed by atoms with Gasteiger partial charge in [-0.15, -0.1) is 11.3 Å². The van der Waals surface area contributed by atoms with E-state index in [1.54, 1.807) is 23.5 Å². The summed E-state index contributed by atoms with van der Waals surface area (Å²) in [5.74, 6) is -0.512. The third-order valence-electron chi connectivity index (χ3n) is 4.64. The van der Waals surface area contributed by atoms with Crippen LogP contribution in [0.15, 0.2) is 78.9 Å². The fourth-order valence-electron chi connectivity index (χ4n) is 3.28. The summed E-state index contributed by atoms with van der Waals surface area (Å²) in [6.45, 7) is 0.537. The molecule has 1 N–H and O–H groups in total. The van der Waals surface area contributed by atoms with Crippen molar-refractivity contribution >= 4 is 33.1 Å². The molecule has 0 aliphatic rings. The van der Waals surface area contributed by atoms with Crippen molar-refractivity contribution in [2.45, 2.75) is 12.6 Å². The number of likely N-dealkylation sites (N-methyl/N-ethyl adjacent to an activating group) is 1. The van der Waals surface area contributed by atoms with E-state index in [1.165, 1.54) is 12.1 Å². The highest BCUT2D eigenvalue weighted by Crippen LogP contribution is 2.27. The number of nitrogens with zero attached hydrogens (tertiary/aromatic N) is 2. The number of para-hydroxylation sites is 1. The molecule has 0 fully saturated rings. The number of carbonyl (C=O) groups is 1. The van der Waals surface area contributed by atoms with Crippen LogP contribution in [-0.2, 0) is 11.3 Å². The molecule has 0 saturated carbocycles. The van der Waals surface area contributed by atoms with Crippen LogP contribution in [0.4, 0.5) is 10.1 Å². The molecule has 4 nitrogen and oxygen atoms in total. The second-order valence-corrected chi connectivity index (χ2v) is 7.92. The number of amides is 1. The highest BCUT2D eigenvalue weighted by Gasteiger charge is 2.26. The molecule has 0 radical (unpaired) electrons. The Hall–Kier alpha value is -3.09. The Balaban J connectivity index is 1.59. The van der Waals surface area contributed by atoms with Crippen molar-refractivity contribution in [2.24, 2.45) is 0 Å². The maximum absolute atomic E-state index is 13.2. The lowest BCUT2D eigenvalue weighted by molar-refractivity contribution is -0.121. The first-order valence-electron chi connectivity index (χ1n) is 9.26. The molecule has 1 atom stereocenters. The van der Waals surface area contributed by atoms with Gasteiger partial charge in [0.25, 0.3) is 0 Å². The van der Waals surface area contributed by atoms with Gasteiger partial charge < -0.3 is 5.32 Å². The molecule has 0 aliphatic heterocycles. The largest absolute Gasteiger partial charge is 0.324 e. The molecule has 146 valence electrons. The standard InChI is InChI=1S/C23H20FN3OS/c1-27(15-21-26-19-9-5-6-10-20(19)29-21)22(16-7-3-2-4-8-16)23(28)25-18-13-11-17(24)12-14-18/h2-14,22H,15H2,1H3,(H,25,28)/t22-/m0/s1. The molecule has 0 bridgehead atoms. The molecule has 0 aliphatic carbocycles. The van der Waals surface area contributed by atoms with Crippen LogP contribution < -0.4 is 5.32 Å². The third-order valence-corrected chi connectivity index (χ3v) is 5.66. The topological polar surface area (TPSA) is 45.2 Å². The smallest absolute Gasteiger partial charge is 0.246 e. The molecule has 6 heteroatoms. The lowest BCUT2D eigenvalue weighted by Gasteiger charge is -2.27. The van der Waals surface area contributed by atoms with Gasteiger partial charge in [-0.3, -0.25) is 9.69 Å². The average Bonchev–Trinajstić information content (AvgIpc) is 3.13. The number of anilines is 1. The SMILES string of the molecule is CN(Cc1nc2ccccc2s1)[C@H](C(=O)Nc1ccc(F)cc1)c1ccccc1. The summed E-state index contributed by atoms with van der Waals surface area (Å²) >= 11 is 1.63. The van der Waals surface area contributed by atoms with Gasteiger partial charge in [0, 0.05) is 5.69 Å². The van der Waals surface area contributed by atoms with Crippen molar-refractivity contribution in [2.75, 3.05) is 12.4 Å². The average molecular weight is 405 g/mol. The Bertz CT molecular complexity index is 1080. The highest BCUT2D eigenvalue weighted by atomic mass is 32.1. The summed E-state index contributed by atoms with van der Waals surface area (Å²) in [7, 11) is 1.91. The quantitative estimate of drug-likeness (QED) is 0.477. The highest BCUT2D eigenvalue weighted by molar-refractivity contribution is 7.18. The number of aromatic nitrogens is 1. The maximum atomic E-state index is 13.2. The predicted octanol–water partition coefficient (Wildman–Crippen LogP) is 5.25. The summed E-state index contributed by atoms with van der Waals surface area (Å²) in [6.07, 6.45) is 0. The van der Waals surface area contributed by atoms with E-state index >= 15 is 0 Å². The van der Waals surface area contributed by atoms with E-state index in [2.05, 4.69) is 10.3 Å². The molecule has 0 unspecified atom stereocenters. The molecule has 3 aromatic carbocycles. The fraction of sp³-hybridized carbons (Fsp3) is 0.130. The van der Waals surface area contributed by atoms with E-state index in [0.29, 0.717) is 12.2 Å². The minimum atomic E-state index is -0.506. The van der Waals surface area contributed by atoms with E-state index in [4.69, 9.17) is 0 Å². The number of hydrogen-bond acceptors (Lipinski definition) is 4. The van der Waals surface area contributed by atoms with Crippen LogP contribution in [0.1, 0.15) is 16.6 Å². The summed E-state index contributed by atoms with van der Waals surface area (Å²) in [5, 5.41) is 3.85. The van der Waals surface area contributed by atoms with Crippen LogP contribution in [-0.4, -0.2) is 22.8 Å². The van der Waals surface area contributed by atoms with E-state index < -0.39 is 6.04 Å². The number of rotatable bonds is 6. The summed E-state index contributed by atoms with van der Waals surface area (Å²) < 4.78 is 14.3. The first-order valence-corrected chi connectivity index (χ1v) is 10.1. The molecule has 1 amide bonds. The minimum absolute atomic E-state index is 0.175. The lowest BCUT2D eigenvalue weighted by Crippen LogP contribution is -2.34. The van der Waals surface area contributed by atoms with Crippen molar-refractivity contribution in [1.29, 1.82) is 0 Å². The van der Waals surface area contributed by atoms with Crippen LogP contribution >= 0.6 is 11.3 Å². The van der Waals surface area contributed by atoms with Gasteiger partial charge in [-0.25, -0.2) is 9.37 Å². The normalized spacial score (nSPS) is 12.2. The number of nitrogens with one attached hydrogen (secondary N) is 1. The van der Waals surface area contributed by atoms with Gasteiger partial charge in [-0.05, 0) is 49.0 Å². The van der Waals surface area contributed by atoms with Crippen molar-refractivity contribution in [3.63, 3.8) is 0 Å². The van der Waals surface area contributed by atoms with Crippen LogP contribution in [0.2, 0.25) is 0 Å². The number of carbonyl (C=O) groups excluding carboxylic acids is 1. The Kier molecular flexibility index (Phi) is 5.64. The van der Waals surface area contributed by atoms with Crippen LogP contribution in [0.5, 0.6) is 0 Å². The van der Waals surface area contributed by atoms with Crippen molar-refractivity contribution in [3.05, 3.63) is 95.3 Å². The summed E-state index contributed by atoms with van der Waals surface area (Å²) in [4.78, 5) is 19.8. The summed E-state index contributed by atoms with van der Waals surface area (Å²) in [5.41, 5.74) is 2.41. The van der Waals surface area contributed by atoms with Gasteiger partial charge in [-0.2, -0.15) is 0 Å². The van der Waals surface area contributed by atoms with E-state index in [9.17, 15) is 9.18 Å². The lowest BCUT2D eigenvalue weighted by atomic mass is 10.0. The molecular formula is C23H20FN3OS. The van der Waals surface area contributed by atoms with Gasteiger partial charge in [-0.1, -0.05) is 42.5 Å². The molecule has 1 aromatic heterocycles. The number of fused-ring (bicyclic) bond motifs is 1. The van der Waals surface area contributed by atoms with E-state index in [1.807, 2.05) is 66.5 Å². The van der Waals surface area contributed by atoms with E-state index in [-0.39, 0.29) is 11.7 Å². The second-order valence-electron chi connectivity index (χ2n) is 6.80. The third kappa shape index (κ3) is 4.50. The van der Waals surface area contributed by atoms with Gasteiger partial charge in [0.05, 0.1) is 16.8 Å². The Morgan fingerprint density at radius 1 is 1.03 bits per heavy atom. The Morgan fingerprint density at radius 2 is 1.72 bits per heavy atom. The molecular weight excluding hydrogens is 385 g/mol. The van der Waals surface area contributed by atoms with Crippen molar-refractivity contribution in [3.8, 4) is 0 Å².